The Morgan fingerprint density at radius 1 is 1.16 bits per heavy atom. The van der Waals surface area contributed by atoms with E-state index < -0.39 is 0 Å². The molecule has 0 radical (unpaired) electrons. The van der Waals surface area contributed by atoms with E-state index >= 15 is 0 Å². The summed E-state index contributed by atoms with van der Waals surface area (Å²) in [6, 6.07) is 14.8. The number of carbonyl (C=O) groups is 1. The van der Waals surface area contributed by atoms with E-state index in [1.807, 2.05) is 43.3 Å². The summed E-state index contributed by atoms with van der Waals surface area (Å²) in [5, 5.41) is 0.595. The van der Waals surface area contributed by atoms with Crippen molar-refractivity contribution in [3.8, 4) is 17.2 Å². The molecule has 2 aliphatic heterocycles. The van der Waals surface area contributed by atoms with Crippen LogP contribution in [0.1, 0.15) is 32.6 Å². The second kappa shape index (κ2) is 8.62. The largest absolute Gasteiger partial charge is 0.488 e. The monoisotopic (exact) mass is 512 g/mol. The summed E-state index contributed by atoms with van der Waals surface area (Å²) in [4.78, 5) is 12.9. The minimum atomic E-state index is -0.150. The van der Waals surface area contributed by atoms with Crippen LogP contribution in [0.15, 0.2) is 58.8 Å². The predicted octanol–water partition coefficient (Wildman–Crippen LogP) is 6.47. The fraction of sp³-hybridized carbons (Fsp3) is 0.160. The lowest BCUT2D eigenvalue weighted by Crippen LogP contribution is -2.14. The summed E-state index contributed by atoms with van der Waals surface area (Å²) in [7, 11) is 0. The zero-order chi connectivity index (χ0) is 22.2. The Bertz CT molecular complexity index is 1270. The van der Waals surface area contributed by atoms with Crippen molar-refractivity contribution >= 4 is 39.4 Å². The van der Waals surface area contributed by atoms with Crippen molar-refractivity contribution in [3.05, 3.63) is 91.6 Å². The predicted molar refractivity (Wildman–Crippen MR) is 124 cm³/mol. The topological polar surface area (TPSA) is 54.0 Å². The van der Waals surface area contributed by atoms with E-state index in [1.54, 1.807) is 18.2 Å². The fourth-order valence-electron chi connectivity index (χ4n) is 3.78. The van der Waals surface area contributed by atoms with Gasteiger partial charge in [0.2, 0.25) is 5.78 Å². The lowest BCUT2D eigenvalue weighted by atomic mass is 10.1. The fourth-order valence-corrected chi connectivity index (χ4v) is 4.44. The van der Waals surface area contributed by atoms with Crippen LogP contribution in [0.5, 0.6) is 17.2 Å². The van der Waals surface area contributed by atoms with Crippen LogP contribution in [0, 0.1) is 6.92 Å². The van der Waals surface area contributed by atoms with Gasteiger partial charge in [0.25, 0.3) is 0 Å². The lowest BCUT2D eigenvalue weighted by Gasteiger charge is -2.21. The van der Waals surface area contributed by atoms with Crippen LogP contribution in [0.25, 0.3) is 6.08 Å². The lowest BCUT2D eigenvalue weighted by molar-refractivity contribution is -0.0175. The smallest absolute Gasteiger partial charge is 0.231 e. The quantitative estimate of drug-likeness (QED) is 0.374. The van der Waals surface area contributed by atoms with Crippen molar-refractivity contribution in [3.63, 3.8) is 0 Å². The molecule has 162 valence electrons. The van der Waals surface area contributed by atoms with Gasteiger partial charge in [-0.3, -0.25) is 4.79 Å². The minimum absolute atomic E-state index is 0.150. The summed E-state index contributed by atoms with van der Waals surface area (Å²) in [6.07, 6.45) is 1.74. The maximum atomic E-state index is 12.9. The van der Waals surface area contributed by atoms with Crippen LogP contribution in [0.4, 0.5) is 0 Å². The van der Waals surface area contributed by atoms with Crippen molar-refractivity contribution in [1.29, 1.82) is 0 Å². The van der Waals surface area contributed by atoms with E-state index in [2.05, 4.69) is 15.9 Å². The van der Waals surface area contributed by atoms with Crippen LogP contribution < -0.4 is 14.2 Å². The first kappa shape index (κ1) is 21.1. The third kappa shape index (κ3) is 3.90. The Morgan fingerprint density at radius 3 is 2.84 bits per heavy atom. The summed E-state index contributed by atoms with van der Waals surface area (Å²) in [5.41, 5.74) is 3.87. The van der Waals surface area contributed by atoms with E-state index in [1.165, 1.54) is 0 Å². The van der Waals surface area contributed by atoms with Crippen LogP contribution in [-0.4, -0.2) is 12.6 Å². The van der Waals surface area contributed by atoms with Gasteiger partial charge >= 0.3 is 0 Å². The molecule has 3 aromatic rings. The number of halogens is 2. The molecule has 5 nitrogen and oxygen atoms in total. The number of hydrogen-bond donors (Lipinski definition) is 0. The van der Waals surface area contributed by atoms with E-state index in [0.717, 1.165) is 32.5 Å². The molecule has 3 aromatic carbocycles. The van der Waals surface area contributed by atoms with Crippen molar-refractivity contribution < 1.29 is 23.7 Å². The molecule has 0 unspecified atom stereocenters. The number of allylic oxidation sites excluding steroid dienone is 1. The number of hydrogen-bond acceptors (Lipinski definition) is 5. The van der Waals surface area contributed by atoms with Gasteiger partial charge in [-0.05, 0) is 48.9 Å². The van der Waals surface area contributed by atoms with Crippen LogP contribution in [-0.2, 0) is 18.0 Å². The molecule has 32 heavy (non-hydrogen) atoms. The number of fused-ring (bicyclic) bond motifs is 2. The summed E-state index contributed by atoms with van der Waals surface area (Å²) >= 11 is 9.75. The van der Waals surface area contributed by atoms with Gasteiger partial charge in [0, 0.05) is 26.2 Å². The van der Waals surface area contributed by atoms with Gasteiger partial charge in [-0.25, -0.2) is 0 Å². The Balaban J connectivity index is 1.40. The molecular weight excluding hydrogens is 496 g/mol. The summed E-state index contributed by atoms with van der Waals surface area (Å²) in [6.45, 7) is 2.78. The molecule has 0 bridgehead atoms. The Labute approximate surface area is 198 Å². The van der Waals surface area contributed by atoms with Crippen molar-refractivity contribution in [2.24, 2.45) is 0 Å². The molecule has 0 spiro atoms. The van der Waals surface area contributed by atoms with Gasteiger partial charge in [-0.1, -0.05) is 45.7 Å². The number of carbonyl (C=O) groups excluding carboxylic acids is 1. The van der Waals surface area contributed by atoms with Crippen LogP contribution in [0.3, 0.4) is 0 Å². The van der Waals surface area contributed by atoms with E-state index in [4.69, 9.17) is 30.5 Å². The molecule has 0 N–H and O–H groups in total. The molecule has 0 aromatic heterocycles. The van der Waals surface area contributed by atoms with Crippen LogP contribution in [0.2, 0.25) is 5.02 Å². The molecule has 0 fully saturated rings. The van der Waals surface area contributed by atoms with Crippen molar-refractivity contribution in [1.82, 2.24) is 0 Å². The first-order chi connectivity index (χ1) is 15.5. The SMILES string of the molecule is Cc1c(OCc2cc(Cl)cc3c2OCOC3)ccc2c1O/C(=C\c1ccccc1Br)C2=O. The average Bonchev–Trinajstić information content (AvgIpc) is 3.11. The van der Waals surface area contributed by atoms with Gasteiger partial charge in [0.15, 0.2) is 12.6 Å². The number of ether oxygens (including phenoxy) is 4. The zero-order valence-electron chi connectivity index (χ0n) is 17.1. The van der Waals surface area contributed by atoms with E-state index in [0.29, 0.717) is 28.7 Å². The van der Waals surface area contributed by atoms with Crippen molar-refractivity contribution in [2.75, 3.05) is 6.79 Å². The molecule has 0 saturated carbocycles. The van der Waals surface area contributed by atoms with Gasteiger partial charge in [0.05, 0.1) is 12.2 Å². The maximum Gasteiger partial charge on any atom is 0.231 e. The van der Waals surface area contributed by atoms with Gasteiger partial charge < -0.3 is 18.9 Å². The van der Waals surface area contributed by atoms with Gasteiger partial charge in [-0.2, -0.15) is 0 Å². The highest BCUT2D eigenvalue weighted by Gasteiger charge is 2.30. The summed E-state index contributed by atoms with van der Waals surface area (Å²) < 4.78 is 23.9. The van der Waals surface area contributed by atoms with Crippen LogP contribution >= 0.6 is 27.5 Å². The van der Waals surface area contributed by atoms with Gasteiger partial charge in [-0.15, -0.1) is 0 Å². The zero-order valence-corrected chi connectivity index (χ0v) is 19.5. The second-order valence-corrected chi connectivity index (χ2v) is 8.77. The highest BCUT2D eigenvalue weighted by Crippen LogP contribution is 2.40. The Hall–Kier alpha value is -2.80. The molecule has 5 rings (SSSR count). The number of Topliss-reactive ketones (excluding diaryl/α,β-unsaturated/α-hetero) is 1. The van der Waals surface area contributed by atoms with Crippen molar-refractivity contribution in [2.45, 2.75) is 20.1 Å². The molecule has 0 aliphatic carbocycles. The van der Waals surface area contributed by atoms with Gasteiger partial charge in [0.1, 0.15) is 23.9 Å². The molecule has 0 amide bonds. The number of benzene rings is 3. The first-order valence-corrected chi connectivity index (χ1v) is 11.2. The Kier molecular flexibility index (Phi) is 5.67. The third-order valence-electron chi connectivity index (χ3n) is 5.36. The normalized spacial score (nSPS) is 15.7. The molecule has 7 heteroatoms. The minimum Gasteiger partial charge on any atom is -0.488 e. The molecular formula is C25H18BrClO5. The highest BCUT2D eigenvalue weighted by atomic mass is 79.9. The third-order valence-corrected chi connectivity index (χ3v) is 6.30. The molecule has 0 saturated heterocycles. The number of rotatable bonds is 4. The summed E-state index contributed by atoms with van der Waals surface area (Å²) in [5.74, 6) is 2.01. The van der Waals surface area contributed by atoms with E-state index in [-0.39, 0.29) is 24.9 Å². The number of ketones is 1. The molecule has 0 atom stereocenters. The second-order valence-electron chi connectivity index (χ2n) is 7.48. The molecule has 2 aliphatic rings. The maximum absolute atomic E-state index is 12.9. The Morgan fingerprint density at radius 2 is 2.00 bits per heavy atom. The van der Waals surface area contributed by atoms with E-state index in [9.17, 15) is 4.79 Å². The highest BCUT2D eigenvalue weighted by molar-refractivity contribution is 9.10. The average molecular weight is 514 g/mol. The molecule has 2 heterocycles. The standard InChI is InChI=1S/C25H18BrClO5/c1-14-21(30-12-17-9-18(27)8-16-11-29-13-31-25(16)17)7-6-19-23(28)22(32-24(14)19)10-15-4-2-3-5-20(15)26/h2-10H,11-13H2,1H3/b22-10-. The first-order valence-electron chi connectivity index (χ1n) is 9.98.